The molecule has 1 nitrogen and oxygen atoms in total. The quantitative estimate of drug-likeness (QED) is 0.405. The molecule has 2 aromatic heterocycles. The Morgan fingerprint density at radius 2 is 1.55 bits per heavy atom. The summed E-state index contributed by atoms with van der Waals surface area (Å²) in [6.07, 6.45) is 10.3. The molecule has 0 aliphatic carbocycles. The third-order valence-electron chi connectivity index (χ3n) is 4.84. The molecule has 0 spiro atoms. The second-order valence-corrected chi connectivity index (χ2v) is 21.8. The van der Waals surface area contributed by atoms with Crippen LogP contribution in [0.5, 0.6) is 0 Å². The van der Waals surface area contributed by atoms with Gasteiger partial charge in [0.15, 0.2) is 0 Å². The van der Waals surface area contributed by atoms with Crippen molar-refractivity contribution in [3.8, 4) is 0 Å². The van der Waals surface area contributed by atoms with Crippen LogP contribution < -0.4 is 2.89 Å². The summed E-state index contributed by atoms with van der Waals surface area (Å²) in [6.45, 7) is 7.05. The second-order valence-electron chi connectivity index (χ2n) is 6.59. The first-order chi connectivity index (χ1) is 10.8. The molecule has 0 atom stereocenters. The fourth-order valence-corrected chi connectivity index (χ4v) is 23.6. The van der Waals surface area contributed by atoms with Crippen molar-refractivity contribution in [2.45, 2.75) is 72.6 Å². The molecule has 0 aliphatic heterocycles. The van der Waals surface area contributed by atoms with Gasteiger partial charge in [-0.3, -0.25) is 0 Å². The van der Waals surface area contributed by atoms with Gasteiger partial charge < -0.3 is 0 Å². The van der Waals surface area contributed by atoms with Crippen molar-refractivity contribution in [1.29, 1.82) is 0 Å². The zero-order valence-corrected chi connectivity index (χ0v) is 18.2. The van der Waals surface area contributed by atoms with Crippen LogP contribution in [0.4, 0.5) is 0 Å². The Bertz CT molecular complexity index is 509. The zero-order valence-electron chi connectivity index (χ0n) is 14.5. The van der Waals surface area contributed by atoms with E-state index >= 15 is 0 Å². The minimum atomic E-state index is -2.23. The number of thiophene rings is 1. The average molecular weight is 424 g/mol. The van der Waals surface area contributed by atoms with E-state index < -0.39 is 18.4 Å². The number of rotatable bonds is 10. The SMILES string of the molecule is CCC[CH2][Sn]([CH2]CCC)([CH2]CCC)[c]1cc2ncccc2s1. The summed E-state index contributed by atoms with van der Waals surface area (Å²) >= 11 is -0.141. The molecule has 0 aromatic carbocycles. The third-order valence-corrected chi connectivity index (χ3v) is 24.1. The maximum atomic E-state index is 4.60. The van der Waals surface area contributed by atoms with Crippen LogP contribution >= 0.6 is 11.3 Å². The van der Waals surface area contributed by atoms with Gasteiger partial charge >= 0.3 is 145 Å². The van der Waals surface area contributed by atoms with E-state index in [4.69, 9.17) is 0 Å². The van der Waals surface area contributed by atoms with E-state index in [2.05, 4.69) is 55.3 Å². The molecule has 0 bridgehead atoms. The number of aromatic nitrogens is 1. The molecule has 2 rings (SSSR count). The van der Waals surface area contributed by atoms with E-state index in [9.17, 15) is 0 Å². The summed E-state index contributed by atoms with van der Waals surface area (Å²) in [7, 11) is 0. The van der Waals surface area contributed by atoms with Gasteiger partial charge in [-0.15, -0.1) is 0 Å². The maximum absolute atomic E-state index is 4.60. The number of hydrogen-bond donors (Lipinski definition) is 0. The van der Waals surface area contributed by atoms with Gasteiger partial charge in [0, 0.05) is 0 Å². The molecule has 0 saturated heterocycles. The van der Waals surface area contributed by atoms with Gasteiger partial charge in [-0.1, -0.05) is 0 Å². The minimum absolute atomic E-state index is 1.24. The Hall–Kier alpha value is -0.0913. The molecule has 0 aliphatic rings. The molecular weight excluding hydrogens is 393 g/mol. The van der Waals surface area contributed by atoms with Crippen LogP contribution in [-0.4, -0.2) is 23.4 Å². The molecule has 2 heterocycles. The number of nitrogens with zero attached hydrogens (tertiary/aromatic N) is 1. The van der Waals surface area contributed by atoms with Crippen LogP contribution in [0.25, 0.3) is 10.2 Å². The van der Waals surface area contributed by atoms with E-state index in [0.29, 0.717) is 0 Å². The van der Waals surface area contributed by atoms with E-state index in [1.54, 1.807) is 16.2 Å². The standard InChI is InChI=1S/C7H4NS.3C4H9.Sn/c1-2-7-6(8-4-1)3-5-9-7;3*1-3-4-2;/h1-4H;3*1,3-4H2,2H3;. The van der Waals surface area contributed by atoms with Crippen molar-refractivity contribution in [3.63, 3.8) is 0 Å². The summed E-state index contributed by atoms with van der Waals surface area (Å²) in [4.78, 5) is 4.60. The van der Waals surface area contributed by atoms with Crippen LogP contribution in [0.2, 0.25) is 13.3 Å². The molecule has 0 radical (unpaired) electrons. The first kappa shape index (κ1) is 18.3. The Morgan fingerprint density at radius 3 is 2.05 bits per heavy atom. The molecule has 0 fully saturated rings. The topological polar surface area (TPSA) is 12.9 Å². The predicted molar refractivity (Wildman–Crippen MR) is 104 cm³/mol. The van der Waals surface area contributed by atoms with Crippen molar-refractivity contribution in [1.82, 2.24) is 4.98 Å². The number of hydrogen-bond acceptors (Lipinski definition) is 2. The van der Waals surface area contributed by atoms with Crippen LogP contribution in [0.15, 0.2) is 24.4 Å². The van der Waals surface area contributed by atoms with E-state index in [1.165, 1.54) is 48.7 Å². The molecule has 122 valence electrons. The number of fused-ring (bicyclic) bond motifs is 1. The summed E-state index contributed by atoms with van der Waals surface area (Å²) < 4.78 is 7.87. The molecule has 2 aromatic rings. The van der Waals surface area contributed by atoms with E-state index in [1.807, 2.05) is 6.20 Å². The second kappa shape index (κ2) is 9.26. The Labute approximate surface area is 144 Å². The molecule has 3 heteroatoms. The Kier molecular flexibility index (Phi) is 7.69. The van der Waals surface area contributed by atoms with Crippen LogP contribution in [-0.2, 0) is 0 Å². The molecular formula is C19H31NSSn. The van der Waals surface area contributed by atoms with Gasteiger partial charge in [-0.05, 0) is 0 Å². The summed E-state index contributed by atoms with van der Waals surface area (Å²) in [6, 6.07) is 6.83. The molecule has 0 amide bonds. The first-order valence-electron chi connectivity index (χ1n) is 9.10. The number of unbranched alkanes of at least 4 members (excludes halogenated alkanes) is 3. The predicted octanol–water partition coefficient (Wildman–Crippen LogP) is 6.35. The normalized spacial score (nSPS) is 12.1. The van der Waals surface area contributed by atoms with E-state index in [0.717, 1.165) is 0 Å². The van der Waals surface area contributed by atoms with Gasteiger partial charge in [0.2, 0.25) is 0 Å². The van der Waals surface area contributed by atoms with Crippen molar-refractivity contribution >= 4 is 42.8 Å². The van der Waals surface area contributed by atoms with Crippen LogP contribution in [0, 0.1) is 0 Å². The van der Waals surface area contributed by atoms with Gasteiger partial charge in [-0.25, -0.2) is 0 Å². The van der Waals surface area contributed by atoms with Crippen molar-refractivity contribution in [3.05, 3.63) is 24.4 Å². The fraction of sp³-hybridized carbons (Fsp3) is 0.632. The molecule has 0 saturated carbocycles. The third kappa shape index (κ3) is 4.47. The first-order valence-corrected chi connectivity index (χ1v) is 17.4. The van der Waals surface area contributed by atoms with Crippen molar-refractivity contribution in [2.75, 3.05) is 0 Å². The van der Waals surface area contributed by atoms with Gasteiger partial charge in [-0.2, -0.15) is 0 Å². The Balaban J connectivity index is 2.37. The molecule has 22 heavy (non-hydrogen) atoms. The van der Waals surface area contributed by atoms with Gasteiger partial charge in [0.25, 0.3) is 0 Å². The van der Waals surface area contributed by atoms with Gasteiger partial charge in [0.05, 0.1) is 0 Å². The average Bonchev–Trinajstić information content (AvgIpc) is 2.99. The van der Waals surface area contributed by atoms with Crippen LogP contribution in [0.3, 0.4) is 0 Å². The van der Waals surface area contributed by atoms with E-state index in [-0.39, 0.29) is 0 Å². The summed E-state index contributed by atoms with van der Waals surface area (Å²) in [5.41, 5.74) is 1.24. The van der Waals surface area contributed by atoms with Crippen molar-refractivity contribution in [2.24, 2.45) is 0 Å². The number of pyridine rings is 1. The Morgan fingerprint density at radius 1 is 0.955 bits per heavy atom. The van der Waals surface area contributed by atoms with Crippen molar-refractivity contribution < 1.29 is 0 Å². The fourth-order valence-electron chi connectivity index (χ4n) is 3.42. The summed E-state index contributed by atoms with van der Waals surface area (Å²) in [5, 5.41) is 0. The molecule has 0 unspecified atom stereocenters. The monoisotopic (exact) mass is 425 g/mol. The zero-order chi connectivity index (χ0) is 15.8. The van der Waals surface area contributed by atoms with Gasteiger partial charge in [0.1, 0.15) is 0 Å². The summed E-state index contributed by atoms with van der Waals surface area (Å²) in [5.74, 6) is 0. The van der Waals surface area contributed by atoms with Crippen LogP contribution in [0.1, 0.15) is 59.3 Å². The molecule has 0 N–H and O–H groups in total.